The zero-order chi connectivity index (χ0) is 15.5. The number of carbonyl (C=O) groups is 1. The minimum absolute atomic E-state index is 0.203. The van der Waals surface area contributed by atoms with Gasteiger partial charge in [-0.05, 0) is 32.0 Å². The zero-order valence-corrected chi connectivity index (χ0v) is 12.1. The van der Waals surface area contributed by atoms with Crippen LogP contribution in [-0.2, 0) is 4.74 Å². The molecule has 21 heavy (non-hydrogen) atoms. The molecule has 5 heteroatoms. The van der Waals surface area contributed by atoms with Crippen LogP contribution in [0, 0.1) is 17.7 Å². The fourth-order valence-corrected chi connectivity index (χ4v) is 2.32. The number of hydrogen-bond acceptors (Lipinski definition) is 3. The minimum Gasteiger partial charge on any atom is -0.384 e. The van der Waals surface area contributed by atoms with E-state index in [2.05, 4.69) is 11.8 Å². The molecule has 0 aromatic heterocycles. The van der Waals surface area contributed by atoms with E-state index in [1.165, 1.54) is 18.2 Å². The van der Waals surface area contributed by atoms with Crippen molar-refractivity contribution < 1.29 is 19.0 Å². The lowest BCUT2D eigenvalue weighted by Gasteiger charge is -2.42. The van der Waals surface area contributed by atoms with Crippen LogP contribution in [0.15, 0.2) is 18.2 Å². The first-order valence-electron chi connectivity index (χ1n) is 6.75. The van der Waals surface area contributed by atoms with Gasteiger partial charge in [-0.2, -0.15) is 0 Å². The Morgan fingerprint density at radius 3 is 2.95 bits per heavy atom. The van der Waals surface area contributed by atoms with Crippen LogP contribution in [0.4, 0.5) is 4.39 Å². The molecule has 0 spiro atoms. The summed E-state index contributed by atoms with van der Waals surface area (Å²) in [6.45, 7) is 4.92. The maximum atomic E-state index is 13.4. The van der Waals surface area contributed by atoms with E-state index in [0.717, 1.165) is 0 Å². The van der Waals surface area contributed by atoms with Gasteiger partial charge in [-0.3, -0.25) is 4.79 Å². The third-order valence-corrected chi connectivity index (χ3v) is 3.40. The highest BCUT2D eigenvalue weighted by Crippen LogP contribution is 2.23. The van der Waals surface area contributed by atoms with Crippen molar-refractivity contribution in [1.82, 2.24) is 4.90 Å². The molecule has 0 aliphatic carbocycles. The molecule has 1 aromatic rings. The Morgan fingerprint density at radius 1 is 1.52 bits per heavy atom. The van der Waals surface area contributed by atoms with E-state index in [9.17, 15) is 9.18 Å². The van der Waals surface area contributed by atoms with E-state index in [4.69, 9.17) is 9.84 Å². The summed E-state index contributed by atoms with van der Waals surface area (Å²) in [5.41, 5.74) is 0.203. The number of halogens is 1. The summed E-state index contributed by atoms with van der Waals surface area (Å²) in [7, 11) is 0. The second-order valence-corrected chi connectivity index (χ2v) is 5.47. The number of aliphatic hydroxyl groups is 1. The van der Waals surface area contributed by atoms with Crippen LogP contribution in [0.25, 0.3) is 0 Å². The number of rotatable bonds is 1. The number of carbonyl (C=O) groups excluding carboxylic acids is 1. The Balaban J connectivity index is 2.38. The van der Waals surface area contributed by atoms with Gasteiger partial charge >= 0.3 is 0 Å². The standard InChI is InChI=1S/C16H18FNO3/c1-16(2)11-21-9-7-18(16)15(20)14-6-5-13(17)10-12(14)4-3-8-19/h5-6,10,19H,7-9,11H2,1-2H3. The van der Waals surface area contributed by atoms with E-state index in [1.807, 2.05) is 13.8 Å². The first-order chi connectivity index (χ1) is 9.95. The largest absolute Gasteiger partial charge is 0.384 e. The second-order valence-electron chi connectivity index (χ2n) is 5.47. The average Bonchev–Trinajstić information content (AvgIpc) is 2.44. The third-order valence-electron chi connectivity index (χ3n) is 3.40. The highest BCUT2D eigenvalue weighted by Gasteiger charge is 2.35. The van der Waals surface area contributed by atoms with Crippen molar-refractivity contribution in [3.63, 3.8) is 0 Å². The summed E-state index contributed by atoms with van der Waals surface area (Å²) in [6.07, 6.45) is 0. The lowest BCUT2D eigenvalue weighted by molar-refractivity contribution is -0.0370. The van der Waals surface area contributed by atoms with Crippen LogP contribution in [-0.4, -0.2) is 47.8 Å². The van der Waals surface area contributed by atoms with Crippen molar-refractivity contribution in [3.05, 3.63) is 35.1 Å². The lowest BCUT2D eigenvalue weighted by atomic mass is 9.99. The maximum Gasteiger partial charge on any atom is 0.255 e. The molecule has 0 saturated carbocycles. The maximum absolute atomic E-state index is 13.4. The number of morpholine rings is 1. The van der Waals surface area contributed by atoms with Crippen molar-refractivity contribution in [2.75, 3.05) is 26.4 Å². The molecule has 1 amide bonds. The fourth-order valence-electron chi connectivity index (χ4n) is 2.32. The molecule has 2 rings (SSSR count). The van der Waals surface area contributed by atoms with Gasteiger partial charge in [0.05, 0.1) is 24.3 Å². The molecule has 0 bridgehead atoms. The molecular formula is C16H18FNO3. The van der Waals surface area contributed by atoms with Gasteiger partial charge in [0.15, 0.2) is 0 Å². The average molecular weight is 291 g/mol. The Labute approximate surface area is 123 Å². The van der Waals surface area contributed by atoms with E-state index >= 15 is 0 Å². The molecule has 1 aliphatic rings. The second kappa shape index (κ2) is 6.25. The van der Waals surface area contributed by atoms with Gasteiger partial charge in [0.25, 0.3) is 5.91 Å². The Kier molecular flexibility index (Phi) is 4.61. The van der Waals surface area contributed by atoms with Crippen LogP contribution in [0.2, 0.25) is 0 Å². The highest BCUT2D eigenvalue weighted by molar-refractivity contribution is 5.97. The Hall–Kier alpha value is -1.90. The topological polar surface area (TPSA) is 49.8 Å². The number of nitrogens with zero attached hydrogens (tertiary/aromatic N) is 1. The first kappa shape index (κ1) is 15.5. The van der Waals surface area contributed by atoms with Crippen molar-refractivity contribution in [2.45, 2.75) is 19.4 Å². The van der Waals surface area contributed by atoms with Gasteiger partial charge in [-0.1, -0.05) is 11.8 Å². The zero-order valence-electron chi connectivity index (χ0n) is 12.1. The van der Waals surface area contributed by atoms with Crippen molar-refractivity contribution >= 4 is 5.91 Å². The van der Waals surface area contributed by atoms with E-state index in [-0.39, 0.29) is 18.1 Å². The van der Waals surface area contributed by atoms with Crippen molar-refractivity contribution in [1.29, 1.82) is 0 Å². The van der Waals surface area contributed by atoms with Gasteiger partial charge in [-0.25, -0.2) is 4.39 Å². The van der Waals surface area contributed by atoms with E-state index < -0.39 is 11.4 Å². The molecular weight excluding hydrogens is 273 g/mol. The molecule has 1 aliphatic heterocycles. The van der Waals surface area contributed by atoms with Crippen molar-refractivity contribution in [2.24, 2.45) is 0 Å². The molecule has 4 nitrogen and oxygen atoms in total. The molecule has 0 atom stereocenters. The SMILES string of the molecule is CC1(C)COCCN1C(=O)c1ccc(F)cc1C#CCO. The van der Waals surface area contributed by atoms with Gasteiger partial charge in [0.2, 0.25) is 0 Å². The molecule has 112 valence electrons. The van der Waals surface area contributed by atoms with Gasteiger partial charge < -0.3 is 14.7 Å². The summed E-state index contributed by atoms with van der Waals surface area (Å²) >= 11 is 0. The van der Waals surface area contributed by atoms with Gasteiger partial charge in [0, 0.05) is 12.1 Å². The van der Waals surface area contributed by atoms with E-state index in [0.29, 0.717) is 25.3 Å². The van der Waals surface area contributed by atoms with E-state index in [1.54, 1.807) is 4.90 Å². The predicted molar refractivity (Wildman–Crippen MR) is 76.3 cm³/mol. The van der Waals surface area contributed by atoms with Crippen LogP contribution in [0.5, 0.6) is 0 Å². The molecule has 0 unspecified atom stereocenters. The van der Waals surface area contributed by atoms with Crippen LogP contribution in [0.3, 0.4) is 0 Å². The Morgan fingerprint density at radius 2 is 2.29 bits per heavy atom. The Bertz CT molecular complexity index is 601. The van der Waals surface area contributed by atoms with Crippen LogP contribution < -0.4 is 0 Å². The summed E-state index contributed by atoms with van der Waals surface area (Å²) in [6, 6.07) is 3.89. The monoisotopic (exact) mass is 291 g/mol. The quantitative estimate of drug-likeness (QED) is 0.796. The molecule has 1 aromatic carbocycles. The molecule has 1 heterocycles. The smallest absolute Gasteiger partial charge is 0.255 e. The van der Waals surface area contributed by atoms with Crippen LogP contribution >= 0.6 is 0 Å². The van der Waals surface area contributed by atoms with Gasteiger partial charge in [0.1, 0.15) is 12.4 Å². The highest BCUT2D eigenvalue weighted by atomic mass is 19.1. The lowest BCUT2D eigenvalue weighted by Crippen LogP contribution is -2.55. The molecule has 0 radical (unpaired) electrons. The van der Waals surface area contributed by atoms with Crippen molar-refractivity contribution in [3.8, 4) is 11.8 Å². The molecule has 1 saturated heterocycles. The summed E-state index contributed by atoms with van der Waals surface area (Å²) in [5.74, 6) is 4.42. The number of aliphatic hydroxyl groups excluding tert-OH is 1. The number of amides is 1. The normalized spacial score (nSPS) is 17.0. The number of hydrogen-bond donors (Lipinski definition) is 1. The van der Waals surface area contributed by atoms with Gasteiger partial charge in [-0.15, -0.1) is 0 Å². The molecule has 1 N–H and O–H groups in total. The number of benzene rings is 1. The summed E-state index contributed by atoms with van der Waals surface area (Å²) in [4.78, 5) is 14.4. The van der Waals surface area contributed by atoms with Crippen LogP contribution in [0.1, 0.15) is 29.8 Å². The first-order valence-corrected chi connectivity index (χ1v) is 6.75. The summed E-state index contributed by atoms with van der Waals surface area (Å²) < 4.78 is 18.8. The third kappa shape index (κ3) is 3.41. The summed E-state index contributed by atoms with van der Waals surface area (Å²) in [5, 5.41) is 8.78. The minimum atomic E-state index is -0.463. The fraction of sp³-hybridized carbons (Fsp3) is 0.438. The predicted octanol–water partition coefficient (Wildman–Crippen LogP) is 1.42. The number of ether oxygens (including phenoxy) is 1. The molecule has 1 fully saturated rings.